The zero-order valence-corrected chi connectivity index (χ0v) is 8.32. The van der Waals surface area contributed by atoms with Crippen LogP contribution in [0.4, 0.5) is 0 Å². The van der Waals surface area contributed by atoms with Crippen molar-refractivity contribution in [2.24, 2.45) is 0 Å². The Morgan fingerprint density at radius 1 is 1.46 bits per heavy atom. The first-order valence-corrected chi connectivity index (χ1v) is 4.71. The van der Waals surface area contributed by atoms with Gasteiger partial charge in [0.2, 0.25) is 0 Å². The molecule has 3 nitrogen and oxygen atoms in total. The highest BCUT2D eigenvalue weighted by molar-refractivity contribution is 5.72. The first-order chi connectivity index (χ1) is 6.22. The van der Waals surface area contributed by atoms with Gasteiger partial charge >= 0.3 is 5.97 Å². The van der Waals surface area contributed by atoms with Crippen LogP contribution in [-0.2, 0) is 9.53 Å². The number of aliphatic carboxylic acids is 1. The summed E-state index contributed by atoms with van der Waals surface area (Å²) in [7, 11) is 0. The van der Waals surface area contributed by atoms with Gasteiger partial charge in [-0.05, 0) is 19.3 Å². The van der Waals surface area contributed by atoms with Crippen molar-refractivity contribution >= 4 is 5.97 Å². The van der Waals surface area contributed by atoms with E-state index >= 15 is 0 Å². The lowest BCUT2D eigenvalue weighted by Gasteiger charge is -2.09. The third-order valence-electron chi connectivity index (χ3n) is 1.65. The van der Waals surface area contributed by atoms with Gasteiger partial charge in [-0.1, -0.05) is 26.0 Å². The minimum absolute atomic E-state index is 0.487. The molecule has 0 aromatic heterocycles. The van der Waals surface area contributed by atoms with Crippen LogP contribution >= 0.6 is 0 Å². The van der Waals surface area contributed by atoms with Gasteiger partial charge in [0.25, 0.3) is 0 Å². The van der Waals surface area contributed by atoms with Crippen LogP contribution in [-0.4, -0.2) is 23.8 Å². The Morgan fingerprint density at radius 2 is 2.15 bits per heavy atom. The molecular weight excluding hydrogens is 168 g/mol. The molecular formula is C10H18O3. The number of hydrogen-bond acceptors (Lipinski definition) is 2. The Hall–Kier alpha value is -0.830. The van der Waals surface area contributed by atoms with Gasteiger partial charge in [-0.15, -0.1) is 0 Å². The maximum absolute atomic E-state index is 10.5. The maximum atomic E-state index is 10.5. The Balaban J connectivity index is 3.49. The van der Waals surface area contributed by atoms with E-state index in [0.717, 1.165) is 12.8 Å². The molecule has 0 radical (unpaired) electrons. The number of hydrogen-bond donors (Lipinski definition) is 1. The number of carboxylic acid groups (broad SMARTS) is 1. The quantitative estimate of drug-likeness (QED) is 0.490. The lowest BCUT2D eigenvalue weighted by molar-refractivity contribution is -0.150. The molecule has 0 amide bonds. The van der Waals surface area contributed by atoms with E-state index < -0.39 is 12.1 Å². The van der Waals surface area contributed by atoms with Crippen molar-refractivity contribution < 1.29 is 14.6 Å². The average Bonchev–Trinajstić information content (AvgIpc) is 2.10. The van der Waals surface area contributed by atoms with Gasteiger partial charge in [0.15, 0.2) is 6.10 Å². The lowest BCUT2D eigenvalue weighted by atomic mass is 10.3. The van der Waals surface area contributed by atoms with Crippen LogP contribution < -0.4 is 0 Å². The molecule has 0 aliphatic rings. The minimum Gasteiger partial charge on any atom is -0.479 e. The molecule has 76 valence electrons. The van der Waals surface area contributed by atoms with Gasteiger partial charge < -0.3 is 9.84 Å². The third kappa shape index (κ3) is 6.34. The second-order valence-corrected chi connectivity index (χ2v) is 2.77. The molecule has 0 aromatic carbocycles. The van der Waals surface area contributed by atoms with Gasteiger partial charge in [0.05, 0.1) is 6.61 Å². The van der Waals surface area contributed by atoms with Crippen LogP contribution in [0.5, 0.6) is 0 Å². The fourth-order valence-electron chi connectivity index (χ4n) is 0.927. The molecule has 3 heteroatoms. The normalized spacial score (nSPS) is 13.4. The second kappa shape index (κ2) is 7.80. The second-order valence-electron chi connectivity index (χ2n) is 2.77. The molecule has 0 saturated carbocycles. The van der Waals surface area contributed by atoms with Crippen LogP contribution in [0, 0.1) is 0 Å². The van der Waals surface area contributed by atoms with Crippen molar-refractivity contribution in [3.63, 3.8) is 0 Å². The number of rotatable bonds is 7. The Kier molecular flexibility index (Phi) is 7.30. The molecule has 0 aliphatic heterocycles. The number of carboxylic acids is 1. The molecule has 0 bridgehead atoms. The Morgan fingerprint density at radius 3 is 2.62 bits per heavy atom. The Labute approximate surface area is 79.4 Å². The third-order valence-corrected chi connectivity index (χ3v) is 1.65. The Bertz CT molecular complexity index is 164. The SMILES string of the molecule is CC/C=C\CCOC(CC)C(=O)O. The monoisotopic (exact) mass is 186 g/mol. The molecule has 0 saturated heterocycles. The molecule has 0 spiro atoms. The molecule has 1 N–H and O–H groups in total. The molecule has 0 fully saturated rings. The van der Waals surface area contributed by atoms with Crippen LogP contribution in [0.25, 0.3) is 0 Å². The molecule has 13 heavy (non-hydrogen) atoms. The van der Waals surface area contributed by atoms with E-state index in [4.69, 9.17) is 9.84 Å². The fourth-order valence-corrected chi connectivity index (χ4v) is 0.927. The van der Waals surface area contributed by atoms with Crippen molar-refractivity contribution in [1.29, 1.82) is 0 Å². The van der Waals surface area contributed by atoms with E-state index in [0.29, 0.717) is 13.0 Å². The van der Waals surface area contributed by atoms with Gasteiger partial charge in [0.1, 0.15) is 0 Å². The van der Waals surface area contributed by atoms with E-state index in [1.54, 1.807) is 6.92 Å². The molecule has 0 aliphatic carbocycles. The molecule has 0 rings (SSSR count). The summed E-state index contributed by atoms with van der Waals surface area (Å²) in [5.41, 5.74) is 0. The van der Waals surface area contributed by atoms with E-state index in [1.807, 2.05) is 12.2 Å². The van der Waals surface area contributed by atoms with E-state index in [9.17, 15) is 4.79 Å². The summed E-state index contributed by atoms with van der Waals surface area (Å²) >= 11 is 0. The van der Waals surface area contributed by atoms with Gasteiger partial charge in [0, 0.05) is 0 Å². The van der Waals surface area contributed by atoms with Gasteiger partial charge in [-0.2, -0.15) is 0 Å². The highest BCUT2D eigenvalue weighted by Crippen LogP contribution is 1.99. The van der Waals surface area contributed by atoms with Crippen molar-refractivity contribution in [3.8, 4) is 0 Å². The van der Waals surface area contributed by atoms with Gasteiger partial charge in [-0.25, -0.2) is 4.79 Å². The van der Waals surface area contributed by atoms with E-state index in [1.165, 1.54) is 0 Å². The van der Waals surface area contributed by atoms with Crippen molar-refractivity contribution in [3.05, 3.63) is 12.2 Å². The lowest BCUT2D eigenvalue weighted by Crippen LogP contribution is -2.23. The summed E-state index contributed by atoms with van der Waals surface area (Å²) in [5.74, 6) is -0.873. The van der Waals surface area contributed by atoms with Crippen LogP contribution in [0.15, 0.2) is 12.2 Å². The smallest absolute Gasteiger partial charge is 0.332 e. The number of ether oxygens (including phenoxy) is 1. The highest BCUT2D eigenvalue weighted by atomic mass is 16.5. The first kappa shape index (κ1) is 12.2. The summed E-state index contributed by atoms with van der Waals surface area (Å²) in [6, 6.07) is 0. The standard InChI is InChI=1S/C10H18O3/c1-3-5-6-7-8-13-9(4-2)10(11)12/h5-6,9H,3-4,7-8H2,1-2H3,(H,11,12)/b6-5-. The summed E-state index contributed by atoms with van der Waals surface area (Å²) in [6.07, 6.45) is 5.73. The average molecular weight is 186 g/mol. The summed E-state index contributed by atoms with van der Waals surface area (Å²) in [4.78, 5) is 10.5. The van der Waals surface area contributed by atoms with Crippen molar-refractivity contribution in [2.75, 3.05) is 6.61 Å². The van der Waals surface area contributed by atoms with E-state index in [2.05, 4.69) is 6.92 Å². The summed E-state index contributed by atoms with van der Waals surface area (Å²) < 4.78 is 5.15. The predicted octanol–water partition coefficient (Wildman–Crippen LogP) is 2.22. The van der Waals surface area contributed by atoms with Crippen molar-refractivity contribution in [1.82, 2.24) is 0 Å². The number of carbonyl (C=O) groups is 1. The predicted molar refractivity (Wildman–Crippen MR) is 51.7 cm³/mol. The molecule has 0 aromatic rings. The largest absolute Gasteiger partial charge is 0.479 e. The fraction of sp³-hybridized carbons (Fsp3) is 0.700. The maximum Gasteiger partial charge on any atom is 0.332 e. The van der Waals surface area contributed by atoms with Crippen molar-refractivity contribution in [2.45, 2.75) is 39.2 Å². The molecule has 1 unspecified atom stereocenters. The van der Waals surface area contributed by atoms with E-state index in [-0.39, 0.29) is 0 Å². The zero-order chi connectivity index (χ0) is 10.1. The zero-order valence-electron chi connectivity index (χ0n) is 8.32. The van der Waals surface area contributed by atoms with Crippen LogP contribution in [0.2, 0.25) is 0 Å². The molecule has 1 atom stereocenters. The highest BCUT2D eigenvalue weighted by Gasteiger charge is 2.13. The van der Waals surface area contributed by atoms with Crippen LogP contribution in [0.1, 0.15) is 33.1 Å². The summed E-state index contributed by atoms with van der Waals surface area (Å²) in [5, 5.41) is 8.63. The summed E-state index contributed by atoms with van der Waals surface area (Å²) in [6.45, 7) is 4.35. The minimum atomic E-state index is -0.873. The molecule has 0 heterocycles. The number of allylic oxidation sites excluding steroid dienone is 1. The topological polar surface area (TPSA) is 46.5 Å². The first-order valence-electron chi connectivity index (χ1n) is 4.71. The van der Waals surface area contributed by atoms with Crippen LogP contribution in [0.3, 0.4) is 0 Å². The van der Waals surface area contributed by atoms with Gasteiger partial charge in [-0.3, -0.25) is 0 Å².